The average molecular weight is 289 g/mol. The summed E-state index contributed by atoms with van der Waals surface area (Å²) in [5.41, 5.74) is 3.18. The molecule has 0 unspecified atom stereocenters. The van der Waals surface area contributed by atoms with E-state index in [0.717, 1.165) is 57.2 Å². The highest BCUT2D eigenvalue weighted by molar-refractivity contribution is 5.97. The Balaban J connectivity index is 1.67. The number of carbonyl (C=O) groups is 1. The Hall–Kier alpha value is -1.23. The summed E-state index contributed by atoms with van der Waals surface area (Å²) in [6.45, 7) is 7.93. The quantitative estimate of drug-likeness (QED) is 0.778. The van der Waals surface area contributed by atoms with Crippen LogP contribution in [0.3, 0.4) is 0 Å². The zero-order valence-electron chi connectivity index (χ0n) is 12.6. The molecule has 114 valence electrons. The number of benzene rings is 1. The number of ketones is 1. The van der Waals surface area contributed by atoms with E-state index in [9.17, 15) is 4.79 Å². The molecule has 2 aliphatic rings. The van der Waals surface area contributed by atoms with Gasteiger partial charge in [0.2, 0.25) is 0 Å². The minimum atomic E-state index is 0.254. The van der Waals surface area contributed by atoms with Crippen molar-refractivity contribution >= 4 is 5.78 Å². The molecular weight excluding hydrogens is 266 g/mol. The third-order valence-electron chi connectivity index (χ3n) is 4.29. The molecule has 3 rings (SSSR count). The number of Topliss-reactive ketones (excluding diaryl/α,β-unsaturated/α-hetero) is 1. The lowest BCUT2D eigenvalue weighted by atomic mass is 9.93. The van der Waals surface area contributed by atoms with Crippen LogP contribution in [0.2, 0.25) is 0 Å². The van der Waals surface area contributed by atoms with Crippen molar-refractivity contribution in [3.05, 3.63) is 34.9 Å². The number of rotatable bonds is 5. The summed E-state index contributed by atoms with van der Waals surface area (Å²) < 4.78 is 10.5. The van der Waals surface area contributed by atoms with Gasteiger partial charge >= 0.3 is 0 Å². The van der Waals surface area contributed by atoms with Crippen LogP contribution in [-0.4, -0.2) is 50.2 Å². The molecular formula is C17H23NO3. The van der Waals surface area contributed by atoms with Crippen molar-refractivity contribution in [1.82, 2.24) is 4.90 Å². The molecule has 0 aromatic heterocycles. The van der Waals surface area contributed by atoms with Crippen molar-refractivity contribution in [2.45, 2.75) is 19.9 Å². The molecule has 2 fully saturated rings. The molecule has 2 aliphatic heterocycles. The van der Waals surface area contributed by atoms with Crippen molar-refractivity contribution in [1.29, 1.82) is 0 Å². The fourth-order valence-corrected chi connectivity index (χ4v) is 2.86. The lowest BCUT2D eigenvalue weighted by molar-refractivity contribution is -0.0322. The Morgan fingerprint density at radius 1 is 1.24 bits per heavy atom. The first-order valence-corrected chi connectivity index (χ1v) is 7.73. The number of morpholine rings is 1. The van der Waals surface area contributed by atoms with Crippen LogP contribution in [0.5, 0.6) is 0 Å². The Morgan fingerprint density at radius 2 is 2.00 bits per heavy atom. The Kier molecular flexibility index (Phi) is 4.68. The molecule has 0 spiro atoms. The standard InChI is InChI=1S/C17H23NO3/c1-13-2-3-14(10-18-4-6-20-7-5-18)8-16(13)17(19)9-15-11-21-12-15/h2-3,8,15H,4-7,9-12H2,1H3. The Labute approximate surface area is 126 Å². The Bertz CT molecular complexity index is 505. The van der Waals surface area contributed by atoms with Crippen molar-refractivity contribution in [3.63, 3.8) is 0 Å². The third kappa shape index (κ3) is 3.70. The third-order valence-corrected chi connectivity index (χ3v) is 4.29. The van der Waals surface area contributed by atoms with E-state index in [2.05, 4.69) is 23.1 Å². The summed E-state index contributed by atoms with van der Waals surface area (Å²) in [6.07, 6.45) is 0.613. The number of hydrogen-bond acceptors (Lipinski definition) is 4. The van der Waals surface area contributed by atoms with Crippen molar-refractivity contribution < 1.29 is 14.3 Å². The second-order valence-electron chi connectivity index (χ2n) is 6.07. The van der Waals surface area contributed by atoms with Crippen LogP contribution in [0.1, 0.15) is 27.9 Å². The molecule has 0 aliphatic carbocycles. The Morgan fingerprint density at radius 3 is 2.67 bits per heavy atom. The largest absolute Gasteiger partial charge is 0.381 e. The van der Waals surface area contributed by atoms with E-state index >= 15 is 0 Å². The highest BCUT2D eigenvalue weighted by atomic mass is 16.5. The molecule has 2 heterocycles. The zero-order valence-corrected chi connectivity index (χ0v) is 12.6. The molecule has 0 amide bonds. The molecule has 0 radical (unpaired) electrons. The van der Waals surface area contributed by atoms with Crippen LogP contribution in [0.25, 0.3) is 0 Å². The van der Waals surface area contributed by atoms with Crippen LogP contribution in [0, 0.1) is 12.8 Å². The van der Waals surface area contributed by atoms with Crippen LogP contribution in [0.4, 0.5) is 0 Å². The fraction of sp³-hybridized carbons (Fsp3) is 0.588. The summed E-state index contributed by atoms with van der Waals surface area (Å²) in [6, 6.07) is 6.28. The average Bonchev–Trinajstić information content (AvgIpc) is 2.46. The monoisotopic (exact) mass is 289 g/mol. The fourth-order valence-electron chi connectivity index (χ4n) is 2.86. The number of nitrogens with zero attached hydrogens (tertiary/aromatic N) is 1. The van der Waals surface area contributed by atoms with Gasteiger partial charge in [0.25, 0.3) is 0 Å². The topological polar surface area (TPSA) is 38.8 Å². The van der Waals surface area contributed by atoms with Crippen LogP contribution >= 0.6 is 0 Å². The van der Waals surface area contributed by atoms with Crippen molar-refractivity contribution in [2.24, 2.45) is 5.92 Å². The van der Waals surface area contributed by atoms with Gasteiger partial charge in [-0.2, -0.15) is 0 Å². The molecule has 4 nitrogen and oxygen atoms in total. The highest BCUT2D eigenvalue weighted by Gasteiger charge is 2.23. The summed E-state index contributed by atoms with van der Waals surface area (Å²) >= 11 is 0. The SMILES string of the molecule is Cc1ccc(CN2CCOCC2)cc1C(=O)CC1COC1. The minimum Gasteiger partial charge on any atom is -0.381 e. The normalized spacial score (nSPS) is 20.2. The minimum absolute atomic E-state index is 0.254. The molecule has 21 heavy (non-hydrogen) atoms. The van der Waals surface area contributed by atoms with E-state index < -0.39 is 0 Å². The van der Waals surface area contributed by atoms with Gasteiger partial charge < -0.3 is 9.47 Å². The summed E-state index contributed by atoms with van der Waals surface area (Å²) in [5.74, 6) is 0.671. The van der Waals surface area contributed by atoms with Gasteiger partial charge in [-0.05, 0) is 24.1 Å². The van der Waals surface area contributed by atoms with Gasteiger partial charge in [0.05, 0.1) is 26.4 Å². The van der Waals surface area contributed by atoms with Gasteiger partial charge in [-0.1, -0.05) is 12.1 Å². The zero-order chi connectivity index (χ0) is 14.7. The number of hydrogen-bond donors (Lipinski definition) is 0. The lowest BCUT2D eigenvalue weighted by Crippen LogP contribution is -2.35. The van der Waals surface area contributed by atoms with Crippen molar-refractivity contribution in [3.8, 4) is 0 Å². The van der Waals surface area contributed by atoms with Crippen molar-refractivity contribution in [2.75, 3.05) is 39.5 Å². The second kappa shape index (κ2) is 6.69. The molecule has 1 aromatic carbocycles. The molecule has 0 bridgehead atoms. The van der Waals surface area contributed by atoms with Crippen LogP contribution in [-0.2, 0) is 16.0 Å². The molecule has 0 N–H and O–H groups in total. The predicted molar refractivity (Wildman–Crippen MR) is 80.5 cm³/mol. The summed E-state index contributed by atoms with van der Waals surface area (Å²) in [7, 11) is 0. The van der Waals surface area contributed by atoms with Crippen LogP contribution in [0.15, 0.2) is 18.2 Å². The van der Waals surface area contributed by atoms with Gasteiger partial charge in [0.1, 0.15) is 0 Å². The van der Waals surface area contributed by atoms with E-state index in [4.69, 9.17) is 9.47 Å². The van der Waals surface area contributed by atoms with Gasteiger partial charge in [-0.25, -0.2) is 0 Å². The predicted octanol–water partition coefficient (Wildman–Crippen LogP) is 2.05. The first-order valence-electron chi connectivity index (χ1n) is 7.73. The van der Waals surface area contributed by atoms with Crippen LogP contribution < -0.4 is 0 Å². The molecule has 2 saturated heterocycles. The van der Waals surface area contributed by atoms with E-state index in [-0.39, 0.29) is 5.78 Å². The number of aryl methyl sites for hydroxylation is 1. The van der Waals surface area contributed by atoms with Gasteiger partial charge in [0.15, 0.2) is 5.78 Å². The maximum Gasteiger partial charge on any atom is 0.163 e. The first kappa shape index (κ1) is 14.7. The maximum absolute atomic E-state index is 12.4. The second-order valence-corrected chi connectivity index (χ2v) is 6.07. The number of ether oxygens (including phenoxy) is 2. The van der Waals surface area contributed by atoms with Gasteiger partial charge in [-0.3, -0.25) is 9.69 Å². The highest BCUT2D eigenvalue weighted by Crippen LogP contribution is 2.21. The molecule has 0 atom stereocenters. The van der Waals surface area contributed by atoms with E-state index in [1.54, 1.807) is 0 Å². The van der Waals surface area contributed by atoms with Gasteiger partial charge in [-0.15, -0.1) is 0 Å². The van der Waals surface area contributed by atoms with E-state index in [0.29, 0.717) is 12.3 Å². The molecule has 0 saturated carbocycles. The van der Waals surface area contributed by atoms with E-state index in [1.165, 1.54) is 5.56 Å². The smallest absolute Gasteiger partial charge is 0.163 e. The van der Waals surface area contributed by atoms with Gasteiger partial charge in [0, 0.05) is 37.5 Å². The lowest BCUT2D eigenvalue weighted by Gasteiger charge is -2.27. The first-order chi connectivity index (χ1) is 10.2. The molecule has 1 aromatic rings. The number of carbonyl (C=O) groups excluding carboxylic acids is 1. The maximum atomic E-state index is 12.4. The summed E-state index contributed by atoms with van der Waals surface area (Å²) in [4.78, 5) is 14.8. The summed E-state index contributed by atoms with van der Waals surface area (Å²) in [5, 5.41) is 0. The molecule has 4 heteroatoms. The van der Waals surface area contributed by atoms with E-state index in [1.807, 2.05) is 6.92 Å².